The standard InChI is InChI=1S/C17H29N3O.2ClH/c1-4-20(5-2)13-16-9-7-6-8-15(16)12-19-17(21)11-10-14(3)18;;/h6-9,14H,4-5,10-13,18H2,1-3H3,(H,19,21);2*1H. The molecular formula is C17H31Cl2N3O. The van der Waals surface area contributed by atoms with Gasteiger partial charge in [0.2, 0.25) is 5.91 Å². The molecule has 0 spiro atoms. The van der Waals surface area contributed by atoms with E-state index in [2.05, 4.69) is 42.3 Å². The Bertz CT molecular complexity index is 438. The Labute approximate surface area is 153 Å². The maximum atomic E-state index is 11.8. The second-order valence-corrected chi connectivity index (χ2v) is 5.52. The number of halogens is 2. The quantitative estimate of drug-likeness (QED) is 0.708. The van der Waals surface area contributed by atoms with Crippen molar-refractivity contribution >= 4 is 30.7 Å². The number of benzene rings is 1. The van der Waals surface area contributed by atoms with Crippen LogP contribution in [0, 0.1) is 0 Å². The number of rotatable bonds is 9. The van der Waals surface area contributed by atoms with E-state index in [1.807, 2.05) is 13.0 Å². The molecule has 0 saturated heterocycles. The zero-order chi connectivity index (χ0) is 15.7. The van der Waals surface area contributed by atoms with Crippen LogP contribution in [0.5, 0.6) is 0 Å². The SMILES string of the molecule is CCN(CC)Cc1ccccc1CNC(=O)CCC(C)N.Cl.Cl. The third-order valence-electron chi connectivity index (χ3n) is 3.71. The summed E-state index contributed by atoms with van der Waals surface area (Å²) in [5.41, 5.74) is 8.15. The summed E-state index contributed by atoms with van der Waals surface area (Å²) >= 11 is 0. The van der Waals surface area contributed by atoms with Gasteiger partial charge in [-0.15, -0.1) is 24.8 Å². The van der Waals surface area contributed by atoms with Crippen LogP contribution in [-0.2, 0) is 17.9 Å². The van der Waals surface area contributed by atoms with Gasteiger partial charge in [0.25, 0.3) is 0 Å². The molecule has 0 aliphatic heterocycles. The summed E-state index contributed by atoms with van der Waals surface area (Å²) in [6.45, 7) is 9.85. The third kappa shape index (κ3) is 9.82. The van der Waals surface area contributed by atoms with E-state index < -0.39 is 0 Å². The highest BCUT2D eigenvalue weighted by Gasteiger charge is 2.08. The highest BCUT2D eigenvalue weighted by molar-refractivity contribution is 5.85. The first-order chi connectivity index (χ1) is 10.1. The first-order valence-corrected chi connectivity index (χ1v) is 7.88. The van der Waals surface area contributed by atoms with Gasteiger partial charge in [-0.2, -0.15) is 0 Å². The minimum atomic E-state index is 0. The van der Waals surface area contributed by atoms with Crippen LogP contribution in [0.3, 0.4) is 0 Å². The second-order valence-electron chi connectivity index (χ2n) is 5.52. The van der Waals surface area contributed by atoms with Crippen molar-refractivity contribution in [3.05, 3.63) is 35.4 Å². The Morgan fingerprint density at radius 3 is 2.26 bits per heavy atom. The summed E-state index contributed by atoms with van der Waals surface area (Å²) in [7, 11) is 0. The molecular weight excluding hydrogens is 333 g/mol. The second kappa shape index (κ2) is 13.6. The number of hydrogen-bond acceptors (Lipinski definition) is 3. The zero-order valence-electron chi connectivity index (χ0n) is 14.4. The number of carbonyl (C=O) groups is 1. The molecule has 0 bridgehead atoms. The molecule has 0 radical (unpaired) electrons. The average Bonchev–Trinajstić information content (AvgIpc) is 2.49. The van der Waals surface area contributed by atoms with E-state index in [0.717, 1.165) is 26.1 Å². The predicted molar refractivity (Wildman–Crippen MR) is 102 cm³/mol. The number of nitrogens with two attached hydrogens (primary N) is 1. The largest absolute Gasteiger partial charge is 0.352 e. The summed E-state index contributed by atoms with van der Waals surface area (Å²) in [6, 6.07) is 8.38. The molecule has 1 aromatic rings. The van der Waals surface area contributed by atoms with Gasteiger partial charge in [-0.25, -0.2) is 0 Å². The molecule has 0 saturated carbocycles. The van der Waals surface area contributed by atoms with E-state index in [1.165, 1.54) is 11.1 Å². The highest BCUT2D eigenvalue weighted by atomic mass is 35.5. The molecule has 0 fully saturated rings. The van der Waals surface area contributed by atoms with E-state index in [1.54, 1.807) is 0 Å². The lowest BCUT2D eigenvalue weighted by atomic mass is 10.1. The molecule has 1 aromatic carbocycles. The van der Waals surface area contributed by atoms with Gasteiger partial charge < -0.3 is 11.1 Å². The molecule has 3 N–H and O–H groups in total. The molecule has 1 amide bonds. The molecule has 134 valence electrons. The van der Waals surface area contributed by atoms with Crippen LogP contribution < -0.4 is 11.1 Å². The van der Waals surface area contributed by atoms with Crippen LogP contribution in [0.4, 0.5) is 0 Å². The van der Waals surface area contributed by atoms with Crippen molar-refractivity contribution in [2.45, 2.75) is 52.7 Å². The molecule has 4 nitrogen and oxygen atoms in total. The summed E-state index contributed by atoms with van der Waals surface area (Å²) in [5, 5.41) is 2.99. The van der Waals surface area contributed by atoms with E-state index >= 15 is 0 Å². The number of nitrogens with one attached hydrogen (secondary N) is 1. The topological polar surface area (TPSA) is 58.4 Å². The van der Waals surface area contributed by atoms with Gasteiger partial charge >= 0.3 is 0 Å². The van der Waals surface area contributed by atoms with Gasteiger partial charge in [0.05, 0.1) is 0 Å². The molecule has 0 aliphatic rings. The van der Waals surface area contributed by atoms with Gasteiger partial charge in [0.1, 0.15) is 0 Å². The predicted octanol–water partition coefficient (Wildman–Crippen LogP) is 3.12. The third-order valence-corrected chi connectivity index (χ3v) is 3.71. The molecule has 1 atom stereocenters. The summed E-state index contributed by atoms with van der Waals surface area (Å²) in [4.78, 5) is 14.2. The molecule has 6 heteroatoms. The van der Waals surface area contributed by atoms with Gasteiger partial charge in [0.15, 0.2) is 0 Å². The summed E-state index contributed by atoms with van der Waals surface area (Å²) in [5.74, 6) is 0.0740. The fourth-order valence-corrected chi connectivity index (χ4v) is 2.21. The van der Waals surface area contributed by atoms with Crippen molar-refractivity contribution in [3.63, 3.8) is 0 Å². The normalized spacial score (nSPS) is 11.3. The first-order valence-electron chi connectivity index (χ1n) is 7.88. The van der Waals surface area contributed by atoms with Crippen LogP contribution in [0.15, 0.2) is 24.3 Å². The van der Waals surface area contributed by atoms with Crippen molar-refractivity contribution in [3.8, 4) is 0 Å². The minimum Gasteiger partial charge on any atom is -0.352 e. The van der Waals surface area contributed by atoms with Crippen molar-refractivity contribution in [2.75, 3.05) is 13.1 Å². The Hall–Kier alpha value is -0.810. The van der Waals surface area contributed by atoms with Crippen LogP contribution in [-0.4, -0.2) is 29.9 Å². The maximum Gasteiger partial charge on any atom is 0.220 e. The number of nitrogens with zero attached hydrogens (tertiary/aromatic N) is 1. The number of carbonyl (C=O) groups excluding carboxylic acids is 1. The zero-order valence-corrected chi connectivity index (χ0v) is 16.0. The van der Waals surface area contributed by atoms with Crippen molar-refractivity contribution < 1.29 is 4.79 Å². The Kier molecular flexibility index (Phi) is 14.5. The Balaban J connectivity index is 0. The van der Waals surface area contributed by atoms with Crippen LogP contribution in [0.25, 0.3) is 0 Å². The van der Waals surface area contributed by atoms with E-state index in [9.17, 15) is 4.79 Å². The summed E-state index contributed by atoms with van der Waals surface area (Å²) < 4.78 is 0. The molecule has 23 heavy (non-hydrogen) atoms. The van der Waals surface area contributed by atoms with Crippen molar-refractivity contribution in [2.24, 2.45) is 5.73 Å². The lowest BCUT2D eigenvalue weighted by Crippen LogP contribution is -2.27. The van der Waals surface area contributed by atoms with Crippen molar-refractivity contribution in [1.82, 2.24) is 10.2 Å². The molecule has 0 aliphatic carbocycles. The monoisotopic (exact) mass is 363 g/mol. The average molecular weight is 364 g/mol. The van der Waals surface area contributed by atoms with Gasteiger partial charge in [-0.3, -0.25) is 9.69 Å². The Morgan fingerprint density at radius 1 is 1.17 bits per heavy atom. The molecule has 0 aromatic heterocycles. The number of amides is 1. The lowest BCUT2D eigenvalue weighted by Gasteiger charge is -2.20. The fraction of sp³-hybridized carbons (Fsp3) is 0.588. The van der Waals surface area contributed by atoms with E-state index in [-0.39, 0.29) is 36.8 Å². The van der Waals surface area contributed by atoms with Crippen LogP contribution in [0.2, 0.25) is 0 Å². The van der Waals surface area contributed by atoms with Gasteiger partial charge in [-0.1, -0.05) is 38.1 Å². The van der Waals surface area contributed by atoms with Gasteiger partial charge in [0, 0.05) is 25.6 Å². The van der Waals surface area contributed by atoms with Gasteiger partial charge in [-0.05, 0) is 37.6 Å². The fourth-order valence-electron chi connectivity index (χ4n) is 2.21. The Morgan fingerprint density at radius 2 is 1.74 bits per heavy atom. The van der Waals surface area contributed by atoms with Crippen LogP contribution >= 0.6 is 24.8 Å². The summed E-state index contributed by atoms with van der Waals surface area (Å²) in [6.07, 6.45) is 1.23. The smallest absolute Gasteiger partial charge is 0.220 e. The minimum absolute atomic E-state index is 0. The van der Waals surface area contributed by atoms with Crippen LogP contribution in [0.1, 0.15) is 44.7 Å². The molecule has 1 rings (SSSR count). The number of hydrogen-bond donors (Lipinski definition) is 2. The highest BCUT2D eigenvalue weighted by Crippen LogP contribution is 2.11. The lowest BCUT2D eigenvalue weighted by molar-refractivity contribution is -0.121. The molecule has 0 heterocycles. The maximum absolute atomic E-state index is 11.8. The van der Waals surface area contributed by atoms with E-state index in [0.29, 0.717) is 13.0 Å². The first kappa shape index (κ1) is 24.4. The molecule has 1 unspecified atom stereocenters. The van der Waals surface area contributed by atoms with Crippen molar-refractivity contribution in [1.29, 1.82) is 0 Å². The van der Waals surface area contributed by atoms with E-state index in [4.69, 9.17) is 5.73 Å².